The standard InChI is InChI=1S/C18H20N4O2/c1-4-16(12-5-11(2)6-13(7-12)24-3)22-18(23)15-9-20-17-14(15)8-19-10-21-17/h5-10,16H,4H2,1-3H3,(H,22,23)(H,19,20,21). The van der Waals surface area contributed by atoms with Crippen LogP contribution in [-0.2, 0) is 0 Å². The fraction of sp³-hybridized carbons (Fsp3) is 0.278. The zero-order valence-electron chi connectivity index (χ0n) is 14.0. The van der Waals surface area contributed by atoms with Crippen molar-refractivity contribution < 1.29 is 9.53 Å². The summed E-state index contributed by atoms with van der Waals surface area (Å²) in [7, 11) is 1.64. The van der Waals surface area contributed by atoms with E-state index >= 15 is 0 Å². The Balaban J connectivity index is 1.87. The fourth-order valence-electron chi connectivity index (χ4n) is 2.80. The number of amides is 1. The van der Waals surface area contributed by atoms with Crippen molar-refractivity contribution in [1.29, 1.82) is 0 Å². The molecule has 6 nitrogen and oxygen atoms in total. The number of ether oxygens (including phenoxy) is 1. The van der Waals surface area contributed by atoms with Gasteiger partial charge in [-0.2, -0.15) is 0 Å². The van der Waals surface area contributed by atoms with Crippen molar-refractivity contribution in [2.75, 3.05) is 7.11 Å². The van der Waals surface area contributed by atoms with Crippen LogP contribution in [0.25, 0.3) is 11.0 Å². The van der Waals surface area contributed by atoms with Crippen LogP contribution in [-0.4, -0.2) is 28.0 Å². The van der Waals surface area contributed by atoms with Crippen LogP contribution in [0.3, 0.4) is 0 Å². The lowest BCUT2D eigenvalue weighted by Crippen LogP contribution is -2.28. The van der Waals surface area contributed by atoms with Crippen LogP contribution in [0.1, 0.15) is 40.9 Å². The molecule has 0 aliphatic carbocycles. The van der Waals surface area contributed by atoms with Gasteiger partial charge in [-0.15, -0.1) is 0 Å². The maximum Gasteiger partial charge on any atom is 0.254 e. The van der Waals surface area contributed by atoms with Crippen LogP contribution in [0.2, 0.25) is 0 Å². The first-order valence-electron chi connectivity index (χ1n) is 7.86. The first-order valence-corrected chi connectivity index (χ1v) is 7.86. The summed E-state index contributed by atoms with van der Waals surface area (Å²) >= 11 is 0. The Morgan fingerprint density at radius 2 is 2.21 bits per heavy atom. The minimum absolute atomic E-state index is 0.0964. The van der Waals surface area contributed by atoms with Crippen molar-refractivity contribution in [3.05, 3.63) is 53.6 Å². The number of carbonyl (C=O) groups excluding carboxylic acids is 1. The molecule has 3 aromatic rings. The summed E-state index contributed by atoms with van der Waals surface area (Å²) in [5.74, 6) is 0.640. The van der Waals surface area contributed by atoms with Crippen molar-refractivity contribution >= 4 is 16.9 Å². The molecule has 0 saturated carbocycles. The van der Waals surface area contributed by atoms with Gasteiger partial charge in [-0.3, -0.25) is 4.79 Å². The highest BCUT2D eigenvalue weighted by atomic mass is 16.5. The first-order chi connectivity index (χ1) is 11.6. The summed E-state index contributed by atoms with van der Waals surface area (Å²) in [6.07, 6.45) is 5.54. The number of methoxy groups -OCH3 is 1. The molecule has 2 N–H and O–H groups in total. The summed E-state index contributed by atoms with van der Waals surface area (Å²) < 4.78 is 5.33. The van der Waals surface area contributed by atoms with Crippen molar-refractivity contribution in [3.63, 3.8) is 0 Å². The molecule has 124 valence electrons. The lowest BCUT2D eigenvalue weighted by molar-refractivity contribution is 0.0937. The number of nitrogens with zero attached hydrogens (tertiary/aromatic N) is 2. The number of hydrogen-bond acceptors (Lipinski definition) is 4. The average Bonchev–Trinajstić information content (AvgIpc) is 3.03. The Morgan fingerprint density at radius 1 is 1.38 bits per heavy atom. The van der Waals surface area contributed by atoms with E-state index in [4.69, 9.17) is 4.74 Å². The van der Waals surface area contributed by atoms with Gasteiger partial charge in [0.1, 0.15) is 17.7 Å². The maximum atomic E-state index is 12.7. The normalized spacial score (nSPS) is 12.1. The quantitative estimate of drug-likeness (QED) is 0.755. The van der Waals surface area contributed by atoms with Crippen LogP contribution < -0.4 is 10.1 Å². The zero-order chi connectivity index (χ0) is 17.1. The summed E-state index contributed by atoms with van der Waals surface area (Å²) in [6, 6.07) is 5.89. The molecular weight excluding hydrogens is 304 g/mol. The number of aryl methyl sites for hydroxylation is 1. The molecule has 1 atom stereocenters. The molecule has 0 bridgehead atoms. The predicted octanol–water partition coefficient (Wildman–Crippen LogP) is 3.16. The smallest absolute Gasteiger partial charge is 0.254 e. The molecule has 2 aromatic heterocycles. The highest BCUT2D eigenvalue weighted by Crippen LogP contribution is 2.25. The van der Waals surface area contributed by atoms with Crippen molar-refractivity contribution in [1.82, 2.24) is 20.3 Å². The number of H-pyrrole nitrogens is 1. The minimum atomic E-state index is -0.150. The lowest BCUT2D eigenvalue weighted by Gasteiger charge is -2.18. The summed E-state index contributed by atoms with van der Waals surface area (Å²) in [5, 5.41) is 3.80. The number of carbonyl (C=O) groups is 1. The third-order valence-electron chi connectivity index (χ3n) is 4.03. The topological polar surface area (TPSA) is 79.9 Å². The molecule has 0 spiro atoms. The Bertz CT molecular complexity index is 872. The fourth-order valence-corrected chi connectivity index (χ4v) is 2.80. The molecule has 6 heteroatoms. The molecule has 0 aliphatic heterocycles. The largest absolute Gasteiger partial charge is 0.497 e. The monoisotopic (exact) mass is 324 g/mol. The second kappa shape index (κ2) is 6.70. The van der Waals surface area contributed by atoms with E-state index in [0.717, 1.165) is 23.3 Å². The number of hydrogen-bond donors (Lipinski definition) is 2. The van der Waals surface area contributed by atoms with Crippen LogP contribution in [0.15, 0.2) is 36.9 Å². The molecule has 1 unspecified atom stereocenters. The average molecular weight is 324 g/mol. The molecule has 0 aliphatic rings. The number of aromatic nitrogens is 3. The van der Waals surface area contributed by atoms with E-state index in [1.54, 1.807) is 19.5 Å². The van der Waals surface area contributed by atoms with E-state index in [2.05, 4.69) is 26.3 Å². The first kappa shape index (κ1) is 16.0. The number of nitrogens with one attached hydrogen (secondary N) is 2. The van der Waals surface area contributed by atoms with Gasteiger partial charge in [0.2, 0.25) is 0 Å². The lowest BCUT2D eigenvalue weighted by atomic mass is 10.0. The van der Waals surface area contributed by atoms with Crippen LogP contribution >= 0.6 is 0 Å². The Morgan fingerprint density at radius 3 is 2.96 bits per heavy atom. The van der Waals surface area contributed by atoms with E-state index in [0.29, 0.717) is 16.6 Å². The van der Waals surface area contributed by atoms with Gasteiger partial charge >= 0.3 is 0 Å². The number of benzene rings is 1. The van der Waals surface area contributed by atoms with Gasteiger partial charge in [0.25, 0.3) is 5.91 Å². The highest BCUT2D eigenvalue weighted by molar-refractivity contribution is 6.05. The van der Waals surface area contributed by atoms with Gasteiger partial charge < -0.3 is 15.0 Å². The Kier molecular flexibility index (Phi) is 4.46. The Labute approximate surface area is 140 Å². The SMILES string of the molecule is CCC(NC(=O)c1c[nH]c2ncncc12)c1cc(C)cc(OC)c1. The van der Waals surface area contributed by atoms with E-state index in [-0.39, 0.29) is 11.9 Å². The number of rotatable bonds is 5. The van der Waals surface area contributed by atoms with Gasteiger partial charge in [0.15, 0.2) is 0 Å². The van der Waals surface area contributed by atoms with E-state index in [9.17, 15) is 4.79 Å². The van der Waals surface area contributed by atoms with Crippen LogP contribution in [0, 0.1) is 6.92 Å². The molecule has 1 aromatic carbocycles. The third-order valence-corrected chi connectivity index (χ3v) is 4.03. The molecule has 2 heterocycles. The molecular formula is C18H20N4O2. The van der Waals surface area contributed by atoms with Gasteiger partial charge in [-0.05, 0) is 36.6 Å². The molecule has 0 radical (unpaired) electrons. The Hall–Kier alpha value is -2.89. The number of fused-ring (bicyclic) bond motifs is 1. The summed E-state index contributed by atoms with van der Waals surface area (Å²) in [4.78, 5) is 23.8. The van der Waals surface area contributed by atoms with Gasteiger partial charge in [0.05, 0.1) is 18.7 Å². The zero-order valence-corrected chi connectivity index (χ0v) is 14.0. The summed E-state index contributed by atoms with van der Waals surface area (Å²) in [6.45, 7) is 4.05. The van der Waals surface area contributed by atoms with E-state index < -0.39 is 0 Å². The highest BCUT2D eigenvalue weighted by Gasteiger charge is 2.18. The predicted molar refractivity (Wildman–Crippen MR) is 92.1 cm³/mol. The van der Waals surface area contributed by atoms with Crippen LogP contribution in [0.4, 0.5) is 0 Å². The molecule has 0 fully saturated rings. The molecule has 0 saturated heterocycles. The molecule has 1 amide bonds. The maximum absolute atomic E-state index is 12.7. The van der Waals surface area contributed by atoms with Gasteiger partial charge in [-0.25, -0.2) is 9.97 Å². The number of aromatic amines is 1. The van der Waals surface area contributed by atoms with E-state index in [1.165, 1.54) is 6.33 Å². The molecule has 3 rings (SSSR count). The van der Waals surface area contributed by atoms with Crippen molar-refractivity contribution in [2.24, 2.45) is 0 Å². The summed E-state index contributed by atoms with van der Waals surface area (Å²) in [5.41, 5.74) is 3.32. The van der Waals surface area contributed by atoms with Crippen molar-refractivity contribution in [3.8, 4) is 5.75 Å². The minimum Gasteiger partial charge on any atom is -0.497 e. The third kappa shape index (κ3) is 3.08. The van der Waals surface area contributed by atoms with Crippen molar-refractivity contribution in [2.45, 2.75) is 26.3 Å². The van der Waals surface area contributed by atoms with Gasteiger partial charge in [0, 0.05) is 17.8 Å². The second-order valence-electron chi connectivity index (χ2n) is 5.71. The second-order valence-corrected chi connectivity index (χ2v) is 5.71. The van der Waals surface area contributed by atoms with E-state index in [1.807, 2.05) is 26.0 Å². The van der Waals surface area contributed by atoms with Gasteiger partial charge in [-0.1, -0.05) is 13.0 Å². The van der Waals surface area contributed by atoms with Crippen LogP contribution in [0.5, 0.6) is 5.75 Å². The molecule has 24 heavy (non-hydrogen) atoms.